The van der Waals surface area contributed by atoms with Crippen LogP contribution in [-0.4, -0.2) is 34.2 Å². The van der Waals surface area contributed by atoms with Gasteiger partial charge in [-0.15, -0.1) is 0 Å². The number of halogens is 1. The van der Waals surface area contributed by atoms with Crippen molar-refractivity contribution in [2.75, 3.05) is 23.9 Å². The van der Waals surface area contributed by atoms with Crippen LogP contribution in [0, 0.1) is 5.82 Å². The molecule has 2 atom stereocenters. The maximum atomic E-state index is 14.2. The molecule has 0 bridgehead atoms. The Bertz CT molecular complexity index is 604. The summed E-state index contributed by atoms with van der Waals surface area (Å²) >= 11 is 1.53. The molecule has 0 aliphatic heterocycles. The average Bonchev–Trinajstić information content (AvgIpc) is 2.45. The molecule has 1 aromatic carbocycles. The second kappa shape index (κ2) is 6.28. The second-order valence-electron chi connectivity index (χ2n) is 4.61. The molecule has 20 heavy (non-hydrogen) atoms. The van der Waals surface area contributed by atoms with E-state index >= 15 is 0 Å². The highest BCUT2D eigenvalue weighted by Crippen LogP contribution is 2.30. The van der Waals surface area contributed by atoms with E-state index in [0.29, 0.717) is 22.3 Å². The summed E-state index contributed by atoms with van der Waals surface area (Å²) in [7, 11) is 0. The number of hydrogen-bond acceptors (Lipinski definition) is 5. The highest BCUT2D eigenvalue weighted by molar-refractivity contribution is 7.99. The third-order valence-electron chi connectivity index (χ3n) is 3.29. The molecule has 2 unspecified atom stereocenters. The van der Waals surface area contributed by atoms with Crippen LogP contribution >= 0.6 is 11.8 Å². The fraction of sp³-hybridized carbons (Fsp3) is 0.357. The van der Waals surface area contributed by atoms with Gasteiger partial charge in [-0.25, -0.2) is 4.39 Å². The van der Waals surface area contributed by atoms with Crippen LogP contribution in [-0.2, 0) is 0 Å². The molecule has 1 aromatic heterocycles. The molecule has 0 spiro atoms. The maximum Gasteiger partial charge on any atom is 0.150 e. The van der Waals surface area contributed by atoms with Crippen molar-refractivity contribution in [1.82, 2.24) is 4.98 Å². The summed E-state index contributed by atoms with van der Waals surface area (Å²) in [6.45, 7) is 1.93. The van der Waals surface area contributed by atoms with Crippen molar-refractivity contribution in [3.05, 3.63) is 30.2 Å². The first-order valence-corrected chi connectivity index (χ1v) is 7.60. The number of nitrogens with zero attached hydrogens (tertiary/aromatic N) is 1. The number of fused-ring (bicyclic) bond motifs is 1. The SMILES string of the molecule is CSC(CO)C(C)Nc1c(F)cc(N)c2cccnc12. The van der Waals surface area contributed by atoms with Crippen LogP contribution in [0.1, 0.15) is 6.92 Å². The number of anilines is 2. The summed E-state index contributed by atoms with van der Waals surface area (Å²) in [5, 5.41) is 13.1. The van der Waals surface area contributed by atoms with Crippen LogP contribution in [0.2, 0.25) is 0 Å². The lowest BCUT2D eigenvalue weighted by molar-refractivity contribution is 0.288. The third-order valence-corrected chi connectivity index (χ3v) is 4.45. The molecule has 0 fully saturated rings. The molecule has 108 valence electrons. The molecule has 2 rings (SSSR count). The van der Waals surface area contributed by atoms with Gasteiger partial charge in [-0.2, -0.15) is 11.8 Å². The van der Waals surface area contributed by atoms with Gasteiger partial charge in [0.25, 0.3) is 0 Å². The van der Waals surface area contributed by atoms with Crippen molar-refractivity contribution < 1.29 is 9.50 Å². The lowest BCUT2D eigenvalue weighted by Crippen LogP contribution is -2.31. The van der Waals surface area contributed by atoms with E-state index in [-0.39, 0.29) is 17.9 Å². The van der Waals surface area contributed by atoms with Crippen LogP contribution < -0.4 is 11.1 Å². The summed E-state index contributed by atoms with van der Waals surface area (Å²) in [5.41, 5.74) is 7.02. The molecule has 0 amide bonds. The van der Waals surface area contributed by atoms with Crippen molar-refractivity contribution in [3.8, 4) is 0 Å². The normalized spacial score (nSPS) is 14.2. The molecule has 0 saturated carbocycles. The van der Waals surface area contributed by atoms with Crippen molar-refractivity contribution in [1.29, 1.82) is 0 Å². The molecule has 0 aliphatic carbocycles. The molecule has 0 aliphatic rings. The van der Waals surface area contributed by atoms with Gasteiger partial charge in [0.1, 0.15) is 0 Å². The first-order chi connectivity index (χ1) is 9.58. The highest BCUT2D eigenvalue weighted by atomic mass is 32.2. The number of nitrogen functional groups attached to an aromatic ring is 1. The topological polar surface area (TPSA) is 71.2 Å². The first-order valence-electron chi connectivity index (χ1n) is 6.31. The number of benzene rings is 1. The molecular weight excluding hydrogens is 277 g/mol. The summed E-state index contributed by atoms with van der Waals surface area (Å²) in [6.07, 6.45) is 3.52. The number of aliphatic hydroxyl groups excluding tert-OH is 1. The molecule has 2 aromatic rings. The highest BCUT2D eigenvalue weighted by Gasteiger charge is 2.19. The average molecular weight is 295 g/mol. The predicted octanol–water partition coefficient (Wildman–Crippen LogP) is 2.48. The quantitative estimate of drug-likeness (QED) is 0.739. The third kappa shape index (κ3) is 2.81. The summed E-state index contributed by atoms with van der Waals surface area (Å²) in [6, 6.07) is 4.78. The minimum atomic E-state index is -0.432. The summed E-state index contributed by atoms with van der Waals surface area (Å²) in [4.78, 5) is 4.22. The smallest absolute Gasteiger partial charge is 0.150 e. The minimum Gasteiger partial charge on any atom is -0.398 e. The Kier molecular flexibility index (Phi) is 4.67. The van der Waals surface area contributed by atoms with Gasteiger partial charge in [-0.05, 0) is 31.4 Å². The monoisotopic (exact) mass is 295 g/mol. The van der Waals surface area contributed by atoms with Gasteiger partial charge in [0.2, 0.25) is 0 Å². The van der Waals surface area contributed by atoms with Gasteiger partial charge >= 0.3 is 0 Å². The van der Waals surface area contributed by atoms with Gasteiger partial charge in [0, 0.05) is 28.6 Å². The van der Waals surface area contributed by atoms with Crippen molar-refractivity contribution in [2.24, 2.45) is 0 Å². The Morgan fingerprint density at radius 1 is 1.55 bits per heavy atom. The van der Waals surface area contributed by atoms with E-state index in [1.807, 2.05) is 19.2 Å². The Morgan fingerprint density at radius 2 is 2.30 bits per heavy atom. The minimum absolute atomic E-state index is 0.0225. The van der Waals surface area contributed by atoms with Crippen LogP contribution in [0.5, 0.6) is 0 Å². The zero-order chi connectivity index (χ0) is 14.7. The van der Waals surface area contributed by atoms with Crippen molar-refractivity contribution >= 4 is 34.0 Å². The lowest BCUT2D eigenvalue weighted by atomic mass is 10.1. The Morgan fingerprint density at radius 3 is 2.95 bits per heavy atom. The Hall–Kier alpha value is -1.53. The standard InChI is InChI=1S/C14H18FN3OS/c1-8(12(7-19)20-2)18-14-10(15)6-11(16)9-4-3-5-17-13(9)14/h3-6,8,12,18-19H,7,16H2,1-2H3. The number of thioether (sulfide) groups is 1. The molecule has 6 heteroatoms. The second-order valence-corrected chi connectivity index (χ2v) is 5.69. The van der Waals surface area contributed by atoms with Gasteiger partial charge in [0.15, 0.2) is 5.82 Å². The first kappa shape index (κ1) is 14.9. The Balaban J connectivity index is 2.44. The van der Waals surface area contributed by atoms with Gasteiger partial charge < -0.3 is 16.2 Å². The van der Waals surface area contributed by atoms with E-state index < -0.39 is 5.82 Å². The van der Waals surface area contributed by atoms with E-state index in [1.54, 1.807) is 12.3 Å². The van der Waals surface area contributed by atoms with Crippen molar-refractivity contribution in [2.45, 2.75) is 18.2 Å². The molecule has 4 N–H and O–H groups in total. The number of aromatic nitrogens is 1. The molecular formula is C14H18FN3OS. The number of pyridine rings is 1. The summed E-state index contributed by atoms with van der Waals surface area (Å²) < 4.78 is 14.2. The fourth-order valence-electron chi connectivity index (χ4n) is 2.13. The molecule has 0 radical (unpaired) electrons. The van der Waals surface area contributed by atoms with E-state index in [2.05, 4.69) is 10.3 Å². The molecule has 4 nitrogen and oxygen atoms in total. The molecule has 0 saturated heterocycles. The number of rotatable bonds is 5. The van der Waals surface area contributed by atoms with E-state index in [4.69, 9.17) is 5.73 Å². The zero-order valence-corrected chi connectivity index (χ0v) is 12.2. The van der Waals surface area contributed by atoms with Crippen LogP contribution in [0.25, 0.3) is 10.9 Å². The number of nitrogens with two attached hydrogens (primary N) is 1. The number of aliphatic hydroxyl groups is 1. The van der Waals surface area contributed by atoms with Crippen LogP contribution in [0.15, 0.2) is 24.4 Å². The van der Waals surface area contributed by atoms with E-state index in [9.17, 15) is 9.50 Å². The zero-order valence-electron chi connectivity index (χ0n) is 11.4. The van der Waals surface area contributed by atoms with Gasteiger partial charge in [-0.1, -0.05) is 0 Å². The van der Waals surface area contributed by atoms with E-state index in [1.165, 1.54) is 17.8 Å². The number of hydrogen-bond donors (Lipinski definition) is 3. The Labute approximate surface area is 121 Å². The maximum absolute atomic E-state index is 14.2. The van der Waals surface area contributed by atoms with Crippen LogP contribution in [0.3, 0.4) is 0 Å². The van der Waals surface area contributed by atoms with Gasteiger partial charge in [-0.3, -0.25) is 4.98 Å². The summed E-state index contributed by atoms with van der Waals surface area (Å²) in [5.74, 6) is -0.432. The van der Waals surface area contributed by atoms with Crippen LogP contribution in [0.4, 0.5) is 15.8 Å². The van der Waals surface area contributed by atoms with Gasteiger partial charge in [0.05, 0.1) is 17.8 Å². The van der Waals surface area contributed by atoms with E-state index in [0.717, 1.165) is 0 Å². The van der Waals surface area contributed by atoms with Crippen molar-refractivity contribution in [3.63, 3.8) is 0 Å². The fourth-order valence-corrected chi connectivity index (χ4v) is 2.76. The molecule has 1 heterocycles. The largest absolute Gasteiger partial charge is 0.398 e. The predicted molar refractivity (Wildman–Crippen MR) is 83.6 cm³/mol. The number of nitrogens with one attached hydrogen (secondary N) is 1. The lowest BCUT2D eigenvalue weighted by Gasteiger charge is -2.23.